The molecule has 0 saturated heterocycles. The Labute approximate surface area is 142 Å². The van der Waals surface area contributed by atoms with Crippen molar-refractivity contribution in [3.05, 3.63) is 47.7 Å². The standard InChI is InChI=1S/C16H15N5O2S/c22-16(23)18-11-8-10(9-11)13-19-20-14(15-17-6-7-24-15)21(13)12-4-2-1-3-5-12/h1-7,10-11,18H,8-9H2,(H,22,23). The first-order valence-electron chi connectivity index (χ1n) is 7.62. The molecule has 1 aliphatic carbocycles. The van der Waals surface area contributed by atoms with Crippen molar-refractivity contribution in [2.24, 2.45) is 0 Å². The Morgan fingerprint density at radius 2 is 2.04 bits per heavy atom. The minimum atomic E-state index is -0.980. The van der Waals surface area contributed by atoms with Gasteiger partial charge in [0.25, 0.3) is 0 Å². The molecule has 8 heteroatoms. The lowest BCUT2D eigenvalue weighted by Gasteiger charge is -2.34. The summed E-state index contributed by atoms with van der Waals surface area (Å²) in [5, 5.41) is 22.8. The normalized spacial score (nSPS) is 19.7. The van der Waals surface area contributed by atoms with Gasteiger partial charge in [-0.15, -0.1) is 21.5 Å². The van der Waals surface area contributed by atoms with E-state index < -0.39 is 6.09 Å². The first-order chi connectivity index (χ1) is 11.7. The van der Waals surface area contributed by atoms with Gasteiger partial charge in [0, 0.05) is 29.2 Å². The largest absolute Gasteiger partial charge is 0.465 e. The predicted molar refractivity (Wildman–Crippen MR) is 89.4 cm³/mol. The fraction of sp³-hybridized carbons (Fsp3) is 0.250. The van der Waals surface area contributed by atoms with Crippen LogP contribution in [0.3, 0.4) is 0 Å². The van der Waals surface area contributed by atoms with Crippen molar-refractivity contribution >= 4 is 17.4 Å². The highest BCUT2D eigenvalue weighted by Gasteiger charge is 2.36. The lowest BCUT2D eigenvalue weighted by atomic mass is 9.79. The zero-order valence-electron chi connectivity index (χ0n) is 12.7. The van der Waals surface area contributed by atoms with Crippen molar-refractivity contribution in [2.45, 2.75) is 24.8 Å². The number of benzene rings is 1. The van der Waals surface area contributed by atoms with Gasteiger partial charge >= 0.3 is 6.09 Å². The van der Waals surface area contributed by atoms with Gasteiger partial charge in [-0.3, -0.25) is 4.57 Å². The van der Waals surface area contributed by atoms with Gasteiger partial charge in [0.1, 0.15) is 5.82 Å². The van der Waals surface area contributed by atoms with Gasteiger partial charge in [-0.25, -0.2) is 9.78 Å². The second kappa shape index (κ2) is 6.04. The molecule has 1 saturated carbocycles. The number of nitrogens with zero attached hydrogens (tertiary/aromatic N) is 4. The molecule has 2 heterocycles. The summed E-state index contributed by atoms with van der Waals surface area (Å²) < 4.78 is 2.03. The molecule has 2 N–H and O–H groups in total. The van der Waals surface area contributed by atoms with Crippen molar-refractivity contribution in [3.63, 3.8) is 0 Å². The van der Waals surface area contributed by atoms with Gasteiger partial charge in [-0.2, -0.15) is 0 Å². The summed E-state index contributed by atoms with van der Waals surface area (Å²) in [6, 6.07) is 9.91. The van der Waals surface area contributed by atoms with Crippen molar-refractivity contribution in [3.8, 4) is 16.5 Å². The van der Waals surface area contributed by atoms with Crippen molar-refractivity contribution in [1.82, 2.24) is 25.1 Å². The molecule has 7 nitrogen and oxygen atoms in total. The molecule has 0 bridgehead atoms. The third-order valence-electron chi connectivity index (χ3n) is 4.16. The Balaban J connectivity index is 1.70. The van der Waals surface area contributed by atoms with Crippen LogP contribution in [0.4, 0.5) is 4.79 Å². The number of aromatic nitrogens is 4. The lowest BCUT2D eigenvalue weighted by Crippen LogP contribution is -2.43. The second-order valence-corrected chi connectivity index (χ2v) is 6.60. The summed E-state index contributed by atoms with van der Waals surface area (Å²) in [5.41, 5.74) is 0.984. The van der Waals surface area contributed by atoms with Crippen LogP contribution < -0.4 is 5.32 Å². The van der Waals surface area contributed by atoms with Crippen molar-refractivity contribution in [1.29, 1.82) is 0 Å². The summed E-state index contributed by atoms with van der Waals surface area (Å²) in [6.07, 6.45) is 2.23. The molecule has 0 radical (unpaired) electrons. The topological polar surface area (TPSA) is 92.9 Å². The first-order valence-corrected chi connectivity index (χ1v) is 8.50. The second-order valence-electron chi connectivity index (χ2n) is 5.70. The predicted octanol–water partition coefficient (Wildman–Crippen LogP) is 2.90. The molecule has 0 aliphatic heterocycles. The number of thiazole rings is 1. The fourth-order valence-electron chi connectivity index (χ4n) is 2.99. The highest BCUT2D eigenvalue weighted by atomic mass is 32.1. The molecule has 1 aliphatic rings. The van der Waals surface area contributed by atoms with E-state index in [9.17, 15) is 4.79 Å². The number of rotatable bonds is 4. The Morgan fingerprint density at radius 3 is 2.71 bits per heavy atom. The first kappa shape index (κ1) is 14.8. The highest BCUT2D eigenvalue weighted by Crippen LogP contribution is 2.38. The summed E-state index contributed by atoms with van der Waals surface area (Å²) >= 11 is 1.52. The van der Waals surface area contributed by atoms with E-state index in [4.69, 9.17) is 5.11 Å². The lowest BCUT2D eigenvalue weighted by molar-refractivity contribution is 0.176. The van der Waals surface area contributed by atoms with Crippen LogP contribution in [-0.4, -0.2) is 37.0 Å². The fourth-order valence-corrected chi connectivity index (χ4v) is 3.60. The highest BCUT2D eigenvalue weighted by molar-refractivity contribution is 7.13. The molecule has 1 aromatic carbocycles. The van der Waals surface area contributed by atoms with Crippen LogP contribution in [0.1, 0.15) is 24.6 Å². The average Bonchev–Trinajstić information content (AvgIpc) is 3.20. The maximum atomic E-state index is 10.7. The molecule has 122 valence electrons. The molecule has 2 aromatic heterocycles. The van der Waals surface area contributed by atoms with Gasteiger partial charge in [0.15, 0.2) is 10.8 Å². The molecule has 0 unspecified atom stereocenters. The third kappa shape index (κ3) is 2.65. The van der Waals surface area contributed by atoms with Gasteiger partial charge < -0.3 is 10.4 Å². The van der Waals surface area contributed by atoms with E-state index in [0.717, 1.165) is 35.2 Å². The maximum Gasteiger partial charge on any atom is 0.404 e. The van der Waals surface area contributed by atoms with Crippen molar-refractivity contribution in [2.75, 3.05) is 0 Å². The van der Waals surface area contributed by atoms with Crippen LogP contribution in [0, 0.1) is 0 Å². The van der Waals surface area contributed by atoms with Gasteiger partial charge in [-0.1, -0.05) is 18.2 Å². The third-order valence-corrected chi connectivity index (χ3v) is 4.93. The Morgan fingerprint density at radius 1 is 1.25 bits per heavy atom. The zero-order chi connectivity index (χ0) is 16.5. The molecule has 0 spiro atoms. The van der Waals surface area contributed by atoms with Crippen LogP contribution >= 0.6 is 11.3 Å². The van der Waals surface area contributed by atoms with Gasteiger partial charge in [0.05, 0.1) is 0 Å². The summed E-state index contributed by atoms with van der Waals surface area (Å²) in [6.45, 7) is 0. The minimum Gasteiger partial charge on any atom is -0.465 e. The SMILES string of the molecule is O=C(O)NC1CC(c2nnc(-c3nccs3)n2-c2ccccc2)C1. The van der Waals surface area contributed by atoms with E-state index in [1.54, 1.807) is 6.20 Å². The number of hydrogen-bond acceptors (Lipinski definition) is 5. The molecule has 0 atom stereocenters. The van der Waals surface area contributed by atoms with Crippen LogP contribution in [0.15, 0.2) is 41.9 Å². The Bertz CT molecular complexity index is 841. The van der Waals surface area contributed by atoms with E-state index in [2.05, 4.69) is 20.5 Å². The monoisotopic (exact) mass is 341 g/mol. The van der Waals surface area contributed by atoms with E-state index in [-0.39, 0.29) is 12.0 Å². The van der Waals surface area contributed by atoms with E-state index in [0.29, 0.717) is 0 Å². The number of hydrogen-bond donors (Lipinski definition) is 2. The smallest absolute Gasteiger partial charge is 0.404 e. The number of carboxylic acid groups (broad SMARTS) is 1. The van der Waals surface area contributed by atoms with Crippen LogP contribution in [0.25, 0.3) is 16.5 Å². The number of carbonyl (C=O) groups is 1. The number of amides is 1. The molecule has 4 rings (SSSR count). The molecular weight excluding hydrogens is 326 g/mol. The Kier molecular flexibility index (Phi) is 3.73. The summed E-state index contributed by atoms with van der Waals surface area (Å²) in [7, 11) is 0. The van der Waals surface area contributed by atoms with Crippen LogP contribution in [-0.2, 0) is 0 Å². The molecule has 24 heavy (non-hydrogen) atoms. The van der Waals surface area contributed by atoms with E-state index in [1.165, 1.54) is 11.3 Å². The van der Waals surface area contributed by atoms with Gasteiger partial charge in [-0.05, 0) is 25.0 Å². The zero-order valence-corrected chi connectivity index (χ0v) is 13.5. The molecule has 1 amide bonds. The van der Waals surface area contributed by atoms with Crippen LogP contribution in [0.2, 0.25) is 0 Å². The number of nitrogens with one attached hydrogen (secondary N) is 1. The van der Waals surface area contributed by atoms with Gasteiger partial charge in [0.2, 0.25) is 0 Å². The van der Waals surface area contributed by atoms with E-state index in [1.807, 2.05) is 40.3 Å². The van der Waals surface area contributed by atoms with E-state index >= 15 is 0 Å². The maximum absolute atomic E-state index is 10.7. The minimum absolute atomic E-state index is 0.0169. The molecular formula is C16H15N5O2S. The number of para-hydroxylation sites is 1. The van der Waals surface area contributed by atoms with Crippen LogP contribution in [0.5, 0.6) is 0 Å². The molecule has 1 fully saturated rings. The average molecular weight is 341 g/mol. The quantitative estimate of drug-likeness (QED) is 0.761. The molecule has 3 aromatic rings. The van der Waals surface area contributed by atoms with Crippen molar-refractivity contribution < 1.29 is 9.90 Å². The summed E-state index contributed by atoms with van der Waals surface area (Å²) in [4.78, 5) is 15.1. The Hall–Kier alpha value is -2.74. The summed E-state index contributed by atoms with van der Waals surface area (Å²) in [5.74, 6) is 1.76.